The second-order valence-corrected chi connectivity index (χ2v) is 5.07. The predicted octanol–water partition coefficient (Wildman–Crippen LogP) is 3.83. The molecule has 0 spiro atoms. The fourth-order valence-electron chi connectivity index (χ4n) is 1.46. The Hall–Kier alpha value is -0.710. The van der Waals surface area contributed by atoms with E-state index in [2.05, 4.69) is 21.0 Å². The van der Waals surface area contributed by atoms with Gasteiger partial charge in [-0.3, -0.25) is 0 Å². The molecule has 0 aliphatic heterocycles. The molecule has 0 fully saturated rings. The monoisotopic (exact) mass is 319 g/mol. The summed E-state index contributed by atoms with van der Waals surface area (Å²) in [5, 5.41) is 5.18. The number of nitrogens with zero attached hydrogens (tertiary/aromatic N) is 2. The fourth-order valence-corrected chi connectivity index (χ4v) is 2.83. The standard InChI is InChI=1S/C10H8BrCl2N3/c1-5-2-9(14)15-16(5)10-7(12)3-6(11)4-8(10)13/h2-4H,1H3,(H2,14,15). The first-order valence-electron chi connectivity index (χ1n) is 4.46. The normalized spacial score (nSPS) is 10.8. The summed E-state index contributed by atoms with van der Waals surface area (Å²) in [5.41, 5.74) is 7.14. The Morgan fingerprint density at radius 1 is 1.25 bits per heavy atom. The lowest BCUT2D eigenvalue weighted by Gasteiger charge is -2.09. The topological polar surface area (TPSA) is 43.8 Å². The van der Waals surface area contributed by atoms with Crippen molar-refractivity contribution in [1.82, 2.24) is 9.78 Å². The number of hydrogen-bond acceptors (Lipinski definition) is 2. The maximum Gasteiger partial charge on any atom is 0.146 e. The first-order chi connectivity index (χ1) is 7.49. The van der Waals surface area contributed by atoms with Gasteiger partial charge in [0.2, 0.25) is 0 Å². The fraction of sp³-hybridized carbons (Fsp3) is 0.100. The molecule has 1 aromatic heterocycles. The number of aromatic nitrogens is 2. The molecule has 1 heterocycles. The highest BCUT2D eigenvalue weighted by atomic mass is 79.9. The maximum atomic E-state index is 6.13. The molecule has 16 heavy (non-hydrogen) atoms. The number of nitrogen functional groups attached to an aromatic ring is 1. The molecular weight excluding hydrogens is 313 g/mol. The Balaban J connectivity index is 2.69. The number of anilines is 1. The molecule has 84 valence electrons. The molecule has 2 rings (SSSR count). The van der Waals surface area contributed by atoms with E-state index in [4.69, 9.17) is 28.9 Å². The van der Waals surface area contributed by atoms with Crippen LogP contribution in [0.1, 0.15) is 5.69 Å². The van der Waals surface area contributed by atoms with E-state index in [-0.39, 0.29) is 0 Å². The summed E-state index contributed by atoms with van der Waals surface area (Å²) in [4.78, 5) is 0. The van der Waals surface area contributed by atoms with E-state index in [1.807, 2.05) is 6.92 Å². The number of nitrogens with two attached hydrogens (primary N) is 1. The van der Waals surface area contributed by atoms with Gasteiger partial charge in [-0.05, 0) is 19.1 Å². The van der Waals surface area contributed by atoms with Crippen molar-refractivity contribution in [2.24, 2.45) is 0 Å². The van der Waals surface area contributed by atoms with Crippen molar-refractivity contribution >= 4 is 44.9 Å². The van der Waals surface area contributed by atoms with E-state index in [1.54, 1.807) is 22.9 Å². The third-order valence-electron chi connectivity index (χ3n) is 2.10. The summed E-state index contributed by atoms with van der Waals surface area (Å²) >= 11 is 15.6. The molecule has 0 aliphatic rings. The van der Waals surface area contributed by atoms with Crippen LogP contribution in [0.5, 0.6) is 0 Å². The van der Waals surface area contributed by atoms with E-state index in [9.17, 15) is 0 Å². The van der Waals surface area contributed by atoms with Crippen LogP contribution in [0, 0.1) is 6.92 Å². The molecule has 0 amide bonds. The van der Waals surface area contributed by atoms with Gasteiger partial charge in [0.1, 0.15) is 11.5 Å². The zero-order chi connectivity index (χ0) is 11.9. The van der Waals surface area contributed by atoms with Crippen LogP contribution in [0.4, 0.5) is 5.82 Å². The summed E-state index contributed by atoms with van der Waals surface area (Å²) in [7, 11) is 0. The van der Waals surface area contributed by atoms with Gasteiger partial charge in [0, 0.05) is 16.2 Å². The van der Waals surface area contributed by atoms with Crippen LogP contribution in [-0.2, 0) is 0 Å². The van der Waals surface area contributed by atoms with Crippen LogP contribution >= 0.6 is 39.1 Å². The Bertz CT molecular complexity index is 528. The van der Waals surface area contributed by atoms with Gasteiger partial charge in [0.25, 0.3) is 0 Å². The van der Waals surface area contributed by atoms with Crippen LogP contribution in [0.3, 0.4) is 0 Å². The molecule has 3 nitrogen and oxygen atoms in total. The quantitative estimate of drug-likeness (QED) is 0.867. The van der Waals surface area contributed by atoms with E-state index in [1.165, 1.54) is 0 Å². The maximum absolute atomic E-state index is 6.13. The molecule has 6 heteroatoms. The Morgan fingerprint density at radius 3 is 2.25 bits per heavy atom. The average Bonchev–Trinajstić information content (AvgIpc) is 2.43. The number of rotatable bonds is 1. The summed E-state index contributed by atoms with van der Waals surface area (Å²) in [6.45, 7) is 1.89. The summed E-state index contributed by atoms with van der Waals surface area (Å²) in [6.07, 6.45) is 0. The van der Waals surface area contributed by atoms with Crippen molar-refractivity contribution in [1.29, 1.82) is 0 Å². The largest absolute Gasteiger partial charge is 0.382 e. The van der Waals surface area contributed by atoms with Gasteiger partial charge < -0.3 is 5.73 Å². The van der Waals surface area contributed by atoms with Crippen molar-refractivity contribution in [2.45, 2.75) is 6.92 Å². The second-order valence-electron chi connectivity index (χ2n) is 3.34. The predicted molar refractivity (Wildman–Crippen MR) is 70.4 cm³/mol. The number of benzene rings is 1. The van der Waals surface area contributed by atoms with Gasteiger partial charge in [0.15, 0.2) is 0 Å². The lowest BCUT2D eigenvalue weighted by molar-refractivity contribution is 0.851. The van der Waals surface area contributed by atoms with Gasteiger partial charge in [-0.2, -0.15) is 5.10 Å². The Labute approximate surface area is 111 Å². The van der Waals surface area contributed by atoms with Gasteiger partial charge >= 0.3 is 0 Å². The SMILES string of the molecule is Cc1cc(N)nn1-c1c(Cl)cc(Br)cc1Cl. The molecule has 0 saturated heterocycles. The van der Waals surface area contributed by atoms with E-state index in [0.29, 0.717) is 21.6 Å². The molecule has 0 atom stereocenters. The van der Waals surface area contributed by atoms with Crippen LogP contribution in [0.2, 0.25) is 10.0 Å². The highest BCUT2D eigenvalue weighted by Crippen LogP contribution is 2.32. The minimum atomic E-state index is 0.438. The minimum absolute atomic E-state index is 0.438. The van der Waals surface area contributed by atoms with Gasteiger partial charge in [-0.15, -0.1) is 0 Å². The smallest absolute Gasteiger partial charge is 0.146 e. The highest BCUT2D eigenvalue weighted by molar-refractivity contribution is 9.10. The minimum Gasteiger partial charge on any atom is -0.382 e. The zero-order valence-corrected chi connectivity index (χ0v) is 11.4. The molecule has 0 aliphatic carbocycles. The zero-order valence-electron chi connectivity index (χ0n) is 8.34. The third kappa shape index (κ3) is 2.05. The average molecular weight is 321 g/mol. The van der Waals surface area contributed by atoms with Crippen LogP contribution in [0.15, 0.2) is 22.7 Å². The number of halogens is 3. The van der Waals surface area contributed by atoms with Gasteiger partial charge in [-0.1, -0.05) is 39.1 Å². The summed E-state index contributed by atoms with van der Waals surface area (Å²) in [5.74, 6) is 0.438. The summed E-state index contributed by atoms with van der Waals surface area (Å²) < 4.78 is 2.45. The van der Waals surface area contributed by atoms with Gasteiger partial charge in [0.05, 0.1) is 10.0 Å². The lowest BCUT2D eigenvalue weighted by atomic mass is 10.3. The molecule has 2 aromatic rings. The molecule has 0 unspecified atom stereocenters. The van der Waals surface area contributed by atoms with Crippen molar-refractivity contribution in [3.63, 3.8) is 0 Å². The molecule has 0 saturated carbocycles. The number of aryl methyl sites for hydroxylation is 1. The number of hydrogen-bond donors (Lipinski definition) is 1. The molecule has 2 N–H and O–H groups in total. The van der Waals surface area contributed by atoms with Crippen LogP contribution < -0.4 is 5.73 Å². The lowest BCUT2D eigenvalue weighted by Crippen LogP contribution is -2.01. The Kier molecular flexibility index (Phi) is 3.15. The van der Waals surface area contributed by atoms with Crippen LogP contribution in [0.25, 0.3) is 5.69 Å². The third-order valence-corrected chi connectivity index (χ3v) is 3.13. The molecule has 0 radical (unpaired) electrons. The van der Waals surface area contributed by atoms with Crippen molar-refractivity contribution in [3.05, 3.63) is 38.4 Å². The van der Waals surface area contributed by atoms with E-state index >= 15 is 0 Å². The molecular formula is C10H8BrCl2N3. The first kappa shape index (κ1) is 11.8. The Morgan fingerprint density at radius 2 is 1.81 bits per heavy atom. The van der Waals surface area contributed by atoms with Crippen molar-refractivity contribution in [3.8, 4) is 5.69 Å². The van der Waals surface area contributed by atoms with Crippen molar-refractivity contribution in [2.75, 3.05) is 5.73 Å². The molecule has 0 bridgehead atoms. The summed E-state index contributed by atoms with van der Waals surface area (Å²) in [6, 6.07) is 5.29. The molecule has 1 aromatic carbocycles. The van der Waals surface area contributed by atoms with E-state index in [0.717, 1.165) is 10.2 Å². The van der Waals surface area contributed by atoms with Crippen molar-refractivity contribution < 1.29 is 0 Å². The highest BCUT2D eigenvalue weighted by Gasteiger charge is 2.13. The second kappa shape index (κ2) is 4.28. The van der Waals surface area contributed by atoms with Gasteiger partial charge in [-0.25, -0.2) is 4.68 Å². The first-order valence-corrected chi connectivity index (χ1v) is 6.01. The van der Waals surface area contributed by atoms with E-state index < -0.39 is 0 Å². The van der Waals surface area contributed by atoms with Crippen LogP contribution in [-0.4, -0.2) is 9.78 Å².